The van der Waals surface area contributed by atoms with Crippen molar-refractivity contribution in [1.82, 2.24) is 4.98 Å². The highest BCUT2D eigenvalue weighted by atomic mass is 19.1. The second-order valence-corrected chi connectivity index (χ2v) is 4.37. The number of halogens is 1. The molecule has 0 aliphatic carbocycles. The van der Waals surface area contributed by atoms with Crippen molar-refractivity contribution in [2.24, 2.45) is 0 Å². The number of hydrogen-bond donors (Lipinski definition) is 1. The van der Waals surface area contributed by atoms with Crippen molar-refractivity contribution in [1.29, 1.82) is 0 Å². The number of aryl methyl sites for hydroxylation is 1. The van der Waals surface area contributed by atoms with Crippen molar-refractivity contribution in [2.45, 2.75) is 20.0 Å². The molecular weight excluding hydrogens is 219 g/mol. The molecule has 17 heavy (non-hydrogen) atoms. The van der Waals surface area contributed by atoms with Crippen molar-refractivity contribution in [3.8, 4) is 0 Å². The van der Waals surface area contributed by atoms with Gasteiger partial charge in [0, 0.05) is 29.1 Å². The molecule has 88 valence electrons. The maximum Gasteiger partial charge on any atom is 0.125 e. The van der Waals surface area contributed by atoms with E-state index in [4.69, 9.17) is 10.5 Å². The average molecular weight is 232 g/mol. The van der Waals surface area contributed by atoms with E-state index in [0.717, 1.165) is 28.6 Å². The number of nitrogens with two attached hydrogens (primary N) is 1. The molecule has 0 saturated heterocycles. The van der Waals surface area contributed by atoms with E-state index in [-0.39, 0.29) is 5.82 Å². The molecule has 0 amide bonds. The summed E-state index contributed by atoms with van der Waals surface area (Å²) in [4.78, 5) is 4.50. The molecule has 1 aromatic carbocycles. The fourth-order valence-corrected chi connectivity index (χ4v) is 2.39. The molecular formula is C13H13FN2O. The number of aromatic nitrogens is 1. The summed E-state index contributed by atoms with van der Waals surface area (Å²) in [6.07, 6.45) is 0.741. The van der Waals surface area contributed by atoms with Gasteiger partial charge in [0.15, 0.2) is 0 Å². The second kappa shape index (κ2) is 3.67. The van der Waals surface area contributed by atoms with Crippen LogP contribution in [0.5, 0.6) is 0 Å². The Morgan fingerprint density at radius 1 is 1.41 bits per heavy atom. The minimum Gasteiger partial charge on any atom is -0.398 e. The van der Waals surface area contributed by atoms with Gasteiger partial charge in [-0.05, 0) is 18.6 Å². The van der Waals surface area contributed by atoms with Crippen LogP contribution < -0.4 is 5.73 Å². The van der Waals surface area contributed by atoms with Crippen LogP contribution in [0.15, 0.2) is 12.1 Å². The minimum absolute atomic E-state index is 0.270. The molecule has 1 aromatic heterocycles. The van der Waals surface area contributed by atoms with Crippen LogP contribution in [-0.4, -0.2) is 11.6 Å². The van der Waals surface area contributed by atoms with Gasteiger partial charge < -0.3 is 10.5 Å². The number of hydrogen-bond acceptors (Lipinski definition) is 3. The molecule has 3 rings (SSSR count). The van der Waals surface area contributed by atoms with Crippen LogP contribution >= 0.6 is 0 Å². The Kier molecular flexibility index (Phi) is 2.26. The van der Waals surface area contributed by atoms with Gasteiger partial charge in [0.2, 0.25) is 0 Å². The molecule has 0 radical (unpaired) electrons. The number of nitrogen functional groups attached to an aromatic ring is 1. The lowest BCUT2D eigenvalue weighted by molar-refractivity contribution is 0.110. The monoisotopic (exact) mass is 232 g/mol. The highest BCUT2D eigenvalue weighted by Crippen LogP contribution is 2.31. The molecule has 0 saturated carbocycles. The van der Waals surface area contributed by atoms with Gasteiger partial charge in [0.25, 0.3) is 0 Å². The number of nitrogens with zero attached hydrogens (tertiary/aromatic N) is 1. The van der Waals surface area contributed by atoms with Crippen LogP contribution in [-0.2, 0) is 17.8 Å². The zero-order valence-electron chi connectivity index (χ0n) is 9.59. The van der Waals surface area contributed by atoms with E-state index >= 15 is 0 Å². The second-order valence-electron chi connectivity index (χ2n) is 4.37. The van der Waals surface area contributed by atoms with Crippen molar-refractivity contribution in [2.75, 3.05) is 12.3 Å². The number of anilines is 1. The van der Waals surface area contributed by atoms with Crippen molar-refractivity contribution in [3.63, 3.8) is 0 Å². The maximum absolute atomic E-state index is 13.4. The SMILES string of the molecule is Cc1cc(F)cc2nc3c(c(N)c12)COCC3. The van der Waals surface area contributed by atoms with Gasteiger partial charge in [0.05, 0.1) is 24.4 Å². The lowest BCUT2D eigenvalue weighted by atomic mass is 10.0. The molecule has 2 N–H and O–H groups in total. The molecule has 1 aliphatic heterocycles. The van der Waals surface area contributed by atoms with Gasteiger partial charge in [0.1, 0.15) is 5.82 Å². The number of rotatable bonds is 0. The third-order valence-electron chi connectivity index (χ3n) is 3.21. The highest BCUT2D eigenvalue weighted by Gasteiger charge is 2.18. The summed E-state index contributed by atoms with van der Waals surface area (Å²) in [5.41, 5.74) is 10.2. The van der Waals surface area contributed by atoms with Crippen LogP contribution in [0.1, 0.15) is 16.8 Å². The molecule has 3 nitrogen and oxygen atoms in total. The first-order chi connectivity index (χ1) is 8.16. The molecule has 4 heteroatoms. The number of ether oxygens (including phenoxy) is 1. The van der Waals surface area contributed by atoms with Crippen LogP contribution in [0, 0.1) is 12.7 Å². The molecule has 2 heterocycles. The Balaban J connectivity index is 2.40. The predicted octanol–water partition coefficient (Wildman–Crippen LogP) is 2.34. The first kappa shape index (κ1) is 10.5. The smallest absolute Gasteiger partial charge is 0.125 e. The number of pyridine rings is 1. The Labute approximate surface area is 98.4 Å². The van der Waals surface area contributed by atoms with Gasteiger partial charge in [-0.1, -0.05) is 0 Å². The van der Waals surface area contributed by atoms with Gasteiger partial charge in [-0.15, -0.1) is 0 Å². The summed E-state index contributed by atoms with van der Waals surface area (Å²) < 4.78 is 18.8. The first-order valence-corrected chi connectivity index (χ1v) is 5.61. The van der Waals surface area contributed by atoms with Crippen molar-refractivity contribution < 1.29 is 9.13 Å². The maximum atomic E-state index is 13.4. The van der Waals surface area contributed by atoms with Crippen LogP contribution in [0.4, 0.5) is 10.1 Å². The Hall–Kier alpha value is -1.68. The Bertz CT molecular complexity index is 610. The summed E-state index contributed by atoms with van der Waals surface area (Å²) in [6, 6.07) is 2.92. The Morgan fingerprint density at radius 2 is 2.24 bits per heavy atom. The average Bonchev–Trinajstić information content (AvgIpc) is 2.28. The lowest BCUT2D eigenvalue weighted by Crippen LogP contribution is -2.14. The Morgan fingerprint density at radius 3 is 3.06 bits per heavy atom. The van der Waals surface area contributed by atoms with Crippen molar-refractivity contribution >= 4 is 16.6 Å². The van der Waals surface area contributed by atoms with E-state index in [0.29, 0.717) is 24.4 Å². The normalized spacial score (nSPS) is 14.9. The molecule has 0 atom stereocenters. The first-order valence-electron chi connectivity index (χ1n) is 5.61. The van der Waals surface area contributed by atoms with Crippen molar-refractivity contribution in [3.05, 3.63) is 34.8 Å². The minimum atomic E-state index is -0.270. The largest absolute Gasteiger partial charge is 0.398 e. The molecule has 0 fully saturated rings. The third-order valence-corrected chi connectivity index (χ3v) is 3.21. The predicted molar refractivity (Wildman–Crippen MR) is 64.2 cm³/mol. The van der Waals surface area contributed by atoms with E-state index in [1.807, 2.05) is 6.92 Å². The standard InChI is InChI=1S/C13H13FN2O/c1-7-4-8(14)5-11-12(7)13(15)9-6-17-3-2-10(9)16-11/h4-5H,2-3,6H2,1H3,(H2,15,16). The van der Waals surface area contributed by atoms with E-state index < -0.39 is 0 Å². The van der Waals surface area contributed by atoms with Gasteiger partial charge in [-0.2, -0.15) is 0 Å². The fourth-order valence-electron chi connectivity index (χ4n) is 2.39. The number of fused-ring (bicyclic) bond motifs is 2. The van der Waals surface area contributed by atoms with Crippen LogP contribution in [0.2, 0.25) is 0 Å². The summed E-state index contributed by atoms with van der Waals surface area (Å²) >= 11 is 0. The summed E-state index contributed by atoms with van der Waals surface area (Å²) in [5.74, 6) is -0.270. The van der Waals surface area contributed by atoms with Gasteiger partial charge >= 0.3 is 0 Å². The summed E-state index contributed by atoms with van der Waals surface area (Å²) in [6.45, 7) is 3.00. The van der Waals surface area contributed by atoms with Crippen LogP contribution in [0.3, 0.4) is 0 Å². The van der Waals surface area contributed by atoms with E-state index in [1.165, 1.54) is 12.1 Å². The summed E-state index contributed by atoms with van der Waals surface area (Å²) in [5, 5.41) is 0.843. The topological polar surface area (TPSA) is 48.1 Å². The van der Waals surface area contributed by atoms with Gasteiger partial charge in [-0.3, -0.25) is 4.98 Å². The quantitative estimate of drug-likeness (QED) is 0.758. The molecule has 0 spiro atoms. The molecule has 0 unspecified atom stereocenters. The third kappa shape index (κ3) is 1.56. The van der Waals surface area contributed by atoms with Gasteiger partial charge in [-0.25, -0.2) is 4.39 Å². The summed E-state index contributed by atoms with van der Waals surface area (Å²) in [7, 11) is 0. The fraction of sp³-hybridized carbons (Fsp3) is 0.308. The van der Waals surface area contributed by atoms with E-state index in [9.17, 15) is 4.39 Å². The molecule has 1 aliphatic rings. The zero-order chi connectivity index (χ0) is 12.0. The highest BCUT2D eigenvalue weighted by molar-refractivity contribution is 5.94. The van der Waals surface area contributed by atoms with E-state index in [2.05, 4.69) is 4.98 Å². The van der Waals surface area contributed by atoms with Crippen LogP contribution in [0.25, 0.3) is 10.9 Å². The lowest BCUT2D eigenvalue weighted by Gasteiger charge is -2.19. The van der Waals surface area contributed by atoms with E-state index in [1.54, 1.807) is 0 Å². The zero-order valence-corrected chi connectivity index (χ0v) is 9.59. The molecule has 0 bridgehead atoms. The molecule has 2 aromatic rings. The number of benzene rings is 1.